The van der Waals surface area contributed by atoms with Crippen molar-refractivity contribution in [2.24, 2.45) is 0 Å². The number of benzene rings is 2. The van der Waals surface area contributed by atoms with Gasteiger partial charge in [0.25, 0.3) is 0 Å². The molecule has 1 saturated heterocycles. The van der Waals surface area contributed by atoms with Crippen molar-refractivity contribution in [2.45, 2.75) is 32.2 Å². The maximum absolute atomic E-state index is 15.3. The number of Topliss-reactive ketones (excluding diaryl/α,β-unsaturated/α-hetero) is 1. The number of nitrogens with zero attached hydrogens (tertiary/aromatic N) is 2. The first kappa shape index (κ1) is 22.7. The lowest BCUT2D eigenvalue weighted by Crippen LogP contribution is -2.25. The summed E-state index contributed by atoms with van der Waals surface area (Å²) in [6, 6.07) is 6.96. The second-order valence-electron chi connectivity index (χ2n) is 7.64. The van der Waals surface area contributed by atoms with Crippen molar-refractivity contribution < 1.29 is 23.4 Å². The highest BCUT2D eigenvalue weighted by Gasteiger charge is 2.33. The zero-order valence-electron chi connectivity index (χ0n) is 16.8. The Balaban J connectivity index is 1.57. The molecule has 0 amide bonds. The number of carbonyl (C=O) groups is 1. The van der Waals surface area contributed by atoms with Gasteiger partial charge in [-0.3, -0.25) is 4.79 Å². The molecular formula is C21H19BrClFN2O4S. The van der Waals surface area contributed by atoms with Gasteiger partial charge < -0.3 is 14.2 Å². The number of ether oxygens (including phenoxy) is 3. The van der Waals surface area contributed by atoms with Crippen LogP contribution in [0.25, 0.3) is 10.2 Å². The van der Waals surface area contributed by atoms with Crippen LogP contribution in [0.4, 0.5) is 4.39 Å². The van der Waals surface area contributed by atoms with Crippen LogP contribution in [0.3, 0.4) is 0 Å². The highest BCUT2D eigenvalue weighted by Crippen LogP contribution is 2.31. The summed E-state index contributed by atoms with van der Waals surface area (Å²) >= 11 is 10.7. The van der Waals surface area contributed by atoms with Crippen LogP contribution in [-0.4, -0.2) is 47.1 Å². The van der Waals surface area contributed by atoms with E-state index in [9.17, 15) is 4.79 Å². The van der Waals surface area contributed by atoms with Gasteiger partial charge in [0.15, 0.2) is 17.4 Å². The highest BCUT2D eigenvalue weighted by molar-refractivity contribution is 9.10. The van der Waals surface area contributed by atoms with Crippen molar-refractivity contribution in [3.05, 3.63) is 56.3 Å². The molecule has 0 aliphatic carbocycles. The molecule has 1 fully saturated rings. The van der Waals surface area contributed by atoms with Crippen LogP contribution in [0.15, 0.2) is 28.7 Å². The zero-order valence-corrected chi connectivity index (χ0v) is 19.9. The van der Waals surface area contributed by atoms with E-state index in [0.717, 1.165) is 16.0 Å². The summed E-state index contributed by atoms with van der Waals surface area (Å²) in [6.45, 7) is 4.02. The van der Waals surface area contributed by atoms with Gasteiger partial charge in [-0.05, 0) is 49.1 Å². The first-order chi connectivity index (χ1) is 14.7. The second kappa shape index (κ2) is 9.17. The third-order valence-corrected chi connectivity index (χ3v) is 6.39. The van der Waals surface area contributed by atoms with Crippen molar-refractivity contribution in [2.75, 3.05) is 19.8 Å². The number of ketones is 1. The highest BCUT2D eigenvalue weighted by atomic mass is 79.9. The molecule has 0 radical (unpaired) electrons. The lowest BCUT2D eigenvalue weighted by Gasteiger charge is -2.17. The van der Waals surface area contributed by atoms with E-state index in [-0.39, 0.29) is 48.2 Å². The fourth-order valence-corrected chi connectivity index (χ4v) is 4.75. The molecule has 0 bridgehead atoms. The van der Waals surface area contributed by atoms with Crippen molar-refractivity contribution >= 4 is 55.1 Å². The van der Waals surface area contributed by atoms with Gasteiger partial charge in [-0.1, -0.05) is 38.1 Å². The minimum Gasteiger partial charge on any atom is -0.371 e. The molecule has 1 aliphatic rings. The van der Waals surface area contributed by atoms with Crippen molar-refractivity contribution in [1.29, 1.82) is 0 Å². The number of hydrogen-bond donors (Lipinski definition) is 0. The molecule has 6 nitrogen and oxygen atoms in total. The molecular weight excluding hydrogens is 511 g/mol. The van der Waals surface area contributed by atoms with Crippen LogP contribution >= 0.6 is 39.1 Å². The molecule has 3 aromatic rings. The van der Waals surface area contributed by atoms with Crippen molar-refractivity contribution in [3.63, 3.8) is 0 Å². The van der Waals surface area contributed by atoms with E-state index in [1.807, 2.05) is 19.9 Å². The molecule has 0 N–H and O–H groups in total. The Labute approximate surface area is 195 Å². The lowest BCUT2D eigenvalue weighted by atomic mass is 9.96. The maximum Gasteiger partial charge on any atom is 0.188 e. The summed E-state index contributed by atoms with van der Waals surface area (Å²) < 4.78 is 37.2. The minimum absolute atomic E-state index is 0.139. The standard InChI is InChI=1S/C21H19BrClFN2O4S/c1-21(2)29-9-13(30-21)8-28-10-17(27)14-7-18-20(25-26-31-18)19(24)15(14)5-11-3-4-12(22)6-16(11)23/h3-4,6-7,13H,5,8-10H2,1-2H3. The summed E-state index contributed by atoms with van der Waals surface area (Å²) in [6.07, 6.45) is -0.117. The fraction of sp³-hybridized carbons (Fsp3) is 0.381. The Bertz CT molecular complexity index is 1140. The minimum atomic E-state index is -0.664. The molecule has 0 spiro atoms. The molecule has 2 heterocycles. The predicted molar refractivity (Wildman–Crippen MR) is 119 cm³/mol. The largest absolute Gasteiger partial charge is 0.371 e. The molecule has 164 valence electrons. The fourth-order valence-electron chi connectivity index (χ4n) is 3.41. The molecule has 1 atom stereocenters. The van der Waals surface area contributed by atoms with Crippen LogP contribution in [0, 0.1) is 5.82 Å². The number of aromatic nitrogens is 2. The van der Waals surface area contributed by atoms with Crippen LogP contribution in [0.2, 0.25) is 5.02 Å². The monoisotopic (exact) mass is 528 g/mol. The summed E-state index contributed by atoms with van der Waals surface area (Å²) in [5, 5.41) is 4.34. The lowest BCUT2D eigenvalue weighted by molar-refractivity contribution is -0.144. The van der Waals surface area contributed by atoms with Crippen LogP contribution in [0.1, 0.15) is 35.3 Å². The predicted octanol–water partition coefficient (Wildman–Crippen LogP) is 5.19. The molecule has 10 heteroatoms. The molecule has 2 aromatic carbocycles. The number of halogens is 3. The number of carbonyl (C=O) groups excluding carboxylic acids is 1. The maximum atomic E-state index is 15.3. The van der Waals surface area contributed by atoms with E-state index < -0.39 is 11.6 Å². The van der Waals surface area contributed by atoms with Crippen molar-refractivity contribution in [1.82, 2.24) is 9.59 Å². The quantitative estimate of drug-likeness (QED) is 0.393. The summed E-state index contributed by atoms with van der Waals surface area (Å²) in [7, 11) is 0. The van der Waals surface area contributed by atoms with E-state index in [4.69, 9.17) is 25.8 Å². The Morgan fingerprint density at radius 2 is 2.23 bits per heavy atom. The van der Waals surface area contributed by atoms with Gasteiger partial charge in [-0.15, -0.1) is 5.10 Å². The van der Waals surface area contributed by atoms with Gasteiger partial charge in [0.2, 0.25) is 0 Å². The Morgan fingerprint density at radius 1 is 1.42 bits per heavy atom. The molecule has 1 aromatic heterocycles. The number of fused-ring (bicyclic) bond motifs is 1. The Kier molecular flexibility index (Phi) is 6.71. The summed E-state index contributed by atoms with van der Waals surface area (Å²) in [5.41, 5.74) is 1.29. The van der Waals surface area contributed by atoms with Crippen LogP contribution < -0.4 is 0 Å². The SMILES string of the molecule is CC1(C)OCC(COCC(=O)c2cc3snnc3c(F)c2Cc2ccc(Br)cc2Cl)O1. The van der Waals surface area contributed by atoms with Gasteiger partial charge in [0, 0.05) is 27.0 Å². The normalized spacial score (nSPS) is 18.0. The Hall–Kier alpha value is -1.49. The van der Waals surface area contributed by atoms with Gasteiger partial charge in [-0.2, -0.15) is 0 Å². The van der Waals surface area contributed by atoms with E-state index in [2.05, 4.69) is 25.5 Å². The van der Waals surface area contributed by atoms with E-state index in [1.165, 1.54) is 0 Å². The van der Waals surface area contributed by atoms with Crippen LogP contribution in [-0.2, 0) is 20.6 Å². The number of rotatable bonds is 7. The molecule has 31 heavy (non-hydrogen) atoms. The zero-order chi connectivity index (χ0) is 22.2. The number of hydrogen-bond acceptors (Lipinski definition) is 7. The Morgan fingerprint density at radius 3 is 2.94 bits per heavy atom. The molecule has 4 rings (SSSR count). The summed E-state index contributed by atoms with van der Waals surface area (Å²) in [5.74, 6) is -1.57. The summed E-state index contributed by atoms with van der Waals surface area (Å²) in [4.78, 5) is 13.0. The van der Waals surface area contributed by atoms with Gasteiger partial charge in [-0.25, -0.2) is 4.39 Å². The van der Waals surface area contributed by atoms with E-state index in [0.29, 0.717) is 21.9 Å². The van der Waals surface area contributed by atoms with Crippen LogP contribution in [0.5, 0.6) is 0 Å². The first-order valence-electron chi connectivity index (χ1n) is 9.53. The molecule has 1 unspecified atom stereocenters. The van der Waals surface area contributed by atoms with E-state index in [1.54, 1.807) is 18.2 Å². The molecule has 0 saturated carbocycles. The van der Waals surface area contributed by atoms with E-state index >= 15 is 4.39 Å². The first-order valence-corrected chi connectivity index (χ1v) is 11.5. The topological polar surface area (TPSA) is 70.5 Å². The smallest absolute Gasteiger partial charge is 0.188 e. The third-order valence-electron chi connectivity index (χ3n) is 4.87. The average Bonchev–Trinajstić information content (AvgIpc) is 3.31. The third kappa shape index (κ3) is 5.13. The molecule has 1 aliphatic heterocycles. The van der Waals surface area contributed by atoms with Crippen molar-refractivity contribution in [3.8, 4) is 0 Å². The second-order valence-corrected chi connectivity index (χ2v) is 9.75. The average molecular weight is 530 g/mol. The van der Waals surface area contributed by atoms with Gasteiger partial charge >= 0.3 is 0 Å². The van der Waals surface area contributed by atoms with Gasteiger partial charge in [0.1, 0.15) is 18.2 Å². The van der Waals surface area contributed by atoms with Gasteiger partial charge in [0.05, 0.1) is 17.9 Å².